The first kappa shape index (κ1) is 27.1. The SMILES string of the molecule is N#Cc1ccc(-c2cccc(-c3cc4c5ccccc5c(-c5cccc(-c6ccc(C#N)cc6)c5)cc4c4ccccc34)c2)cc1. The van der Waals surface area contributed by atoms with Gasteiger partial charge in [-0.15, -0.1) is 0 Å². The van der Waals surface area contributed by atoms with Crippen LogP contribution in [0, 0.1) is 22.7 Å². The van der Waals surface area contributed by atoms with Gasteiger partial charge in [0.05, 0.1) is 23.3 Å². The first-order chi connectivity index (χ1) is 22.7. The minimum absolute atomic E-state index is 0.660. The zero-order chi connectivity index (χ0) is 31.0. The van der Waals surface area contributed by atoms with E-state index in [9.17, 15) is 10.5 Å². The largest absolute Gasteiger partial charge is 0.192 e. The van der Waals surface area contributed by atoms with Gasteiger partial charge < -0.3 is 0 Å². The summed E-state index contributed by atoms with van der Waals surface area (Å²) in [5.74, 6) is 0. The number of hydrogen-bond donors (Lipinski definition) is 0. The first-order valence-electron chi connectivity index (χ1n) is 15.3. The molecule has 46 heavy (non-hydrogen) atoms. The van der Waals surface area contributed by atoms with Crippen LogP contribution in [0.25, 0.3) is 76.8 Å². The summed E-state index contributed by atoms with van der Waals surface area (Å²) in [5, 5.41) is 25.8. The third-order valence-electron chi connectivity index (χ3n) is 8.92. The van der Waals surface area contributed by atoms with Gasteiger partial charge in [-0.05, 0) is 125 Å². The molecule has 0 saturated carbocycles. The highest BCUT2D eigenvalue weighted by Gasteiger charge is 2.15. The summed E-state index contributed by atoms with van der Waals surface area (Å²) in [6.07, 6.45) is 0. The summed E-state index contributed by atoms with van der Waals surface area (Å²) in [5.41, 5.74) is 10.4. The van der Waals surface area contributed by atoms with Crippen LogP contribution in [0.1, 0.15) is 11.1 Å². The van der Waals surface area contributed by atoms with Gasteiger partial charge in [0.1, 0.15) is 0 Å². The van der Waals surface area contributed by atoms with Crippen LogP contribution >= 0.6 is 0 Å². The Morgan fingerprint density at radius 1 is 0.283 bits per heavy atom. The molecular weight excluding hydrogens is 556 g/mol. The zero-order valence-corrected chi connectivity index (χ0v) is 24.9. The van der Waals surface area contributed by atoms with Crippen LogP contribution in [0.5, 0.6) is 0 Å². The van der Waals surface area contributed by atoms with Crippen LogP contribution in [-0.4, -0.2) is 0 Å². The van der Waals surface area contributed by atoms with Crippen LogP contribution in [0.4, 0.5) is 0 Å². The fourth-order valence-corrected chi connectivity index (χ4v) is 6.64. The Kier molecular flexibility index (Phi) is 6.61. The molecule has 0 aliphatic heterocycles. The smallest absolute Gasteiger partial charge is 0.0991 e. The predicted molar refractivity (Wildman–Crippen MR) is 190 cm³/mol. The summed E-state index contributed by atoms with van der Waals surface area (Å²) in [6, 6.07) is 59.4. The molecule has 0 radical (unpaired) electrons. The Labute approximate surface area is 267 Å². The molecule has 8 rings (SSSR count). The lowest BCUT2D eigenvalue weighted by Gasteiger charge is -2.17. The molecule has 0 bridgehead atoms. The van der Waals surface area contributed by atoms with E-state index in [1.165, 1.54) is 43.4 Å². The van der Waals surface area contributed by atoms with E-state index in [0.29, 0.717) is 11.1 Å². The molecule has 0 aromatic heterocycles. The molecule has 0 unspecified atom stereocenters. The van der Waals surface area contributed by atoms with Crippen molar-refractivity contribution in [2.75, 3.05) is 0 Å². The lowest BCUT2D eigenvalue weighted by Crippen LogP contribution is -1.90. The molecule has 0 saturated heterocycles. The number of fused-ring (bicyclic) bond motifs is 5. The summed E-state index contributed by atoms with van der Waals surface area (Å²) in [4.78, 5) is 0. The van der Waals surface area contributed by atoms with E-state index in [1.807, 2.05) is 48.5 Å². The third-order valence-corrected chi connectivity index (χ3v) is 8.92. The van der Waals surface area contributed by atoms with Crippen molar-refractivity contribution in [3.8, 4) is 56.6 Å². The second-order valence-electron chi connectivity index (χ2n) is 11.6. The summed E-state index contributed by atoms with van der Waals surface area (Å²) < 4.78 is 0. The van der Waals surface area contributed by atoms with E-state index in [0.717, 1.165) is 33.4 Å². The topological polar surface area (TPSA) is 47.6 Å². The Balaban J connectivity index is 1.34. The number of benzene rings is 8. The maximum atomic E-state index is 9.25. The maximum Gasteiger partial charge on any atom is 0.0991 e. The highest BCUT2D eigenvalue weighted by Crippen LogP contribution is 2.42. The predicted octanol–water partition coefficient (Wildman–Crippen LogP) is 11.6. The fraction of sp³-hybridized carbons (Fsp3) is 0. The van der Waals surface area contributed by atoms with Crippen molar-refractivity contribution in [1.82, 2.24) is 0 Å². The Morgan fingerprint density at radius 3 is 1.04 bits per heavy atom. The van der Waals surface area contributed by atoms with E-state index in [-0.39, 0.29) is 0 Å². The number of hydrogen-bond acceptors (Lipinski definition) is 2. The molecule has 0 aliphatic carbocycles. The quantitative estimate of drug-likeness (QED) is 0.194. The second-order valence-corrected chi connectivity index (χ2v) is 11.6. The highest BCUT2D eigenvalue weighted by molar-refractivity contribution is 6.23. The van der Waals surface area contributed by atoms with Crippen molar-refractivity contribution in [1.29, 1.82) is 10.5 Å². The molecule has 0 fully saturated rings. The average Bonchev–Trinajstić information content (AvgIpc) is 3.14. The fourth-order valence-electron chi connectivity index (χ4n) is 6.64. The monoisotopic (exact) mass is 582 g/mol. The Morgan fingerprint density at radius 2 is 0.652 bits per heavy atom. The zero-order valence-electron chi connectivity index (χ0n) is 24.9. The van der Waals surface area contributed by atoms with Crippen LogP contribution in [-0.2, 0) is 0 Å². The standard InChI is InChI=1S/C44H26N2/c45-27-29-15-19-31(20-16-29)33-7-5-9-35(23-33)41-25-44-40-14-4-2-12-38(40)42(26-43(44)39-13-3-1-11-37(39)41)36-10-6-8-34(24-36)32-21-17-30(28-46)18-22-32/h1-26H. The normalized spacial score (nSPS) is 11.0. The molecule has 0 spiro atoms. The molecule has 0 amide bonds. The van der Waals surface area contributed by atoms with Gasteiger partial charge >= 0.3 is 0 Å². The van der Waals surface area contributed by atoms with Gasteiger partial charge in [0.15, 0.2) is 0 Å². The van der Waals surface area contributed by atoms with Crippen LogP contribution in [0.2, 0.25) is 0 Å². The van der Waals surface area contributed by atoms with Crippen LogP contribution in [0.15, 0.2) is 158 Å². The van der Waals surface area contributed by atoms with Crippen molar-refractivity contribution in [3.05, 3.63) is 169 Å². The molecule has 2 heteroatoms. The Hall–Kier alpha value is -6.48. The van der Waals surface area contributed by atoms with E-state index < -0.39 is 0 Å². The van der Waals surface area contributed by atoms with E-state index >= 15 is 0 Å². The molecule has 0 N–H and O–H groups in total. The van der Waals surface area contributed by atoms with Gasteiger partial charge in [-0.2, -0.15) is 10.5 Å². The van der Waals surface area contributed by atoms with Crippen LogP contribution < -0.4 is 0 Å². The molecule has 8 aromatic carbocycles. The van der Waals surface area contributed by atoms with Gasteiger partial charge in [0.25, 0.3) is 0 Å². The van der Waals surface area contributed by atoms with E-state index in [2.05, 4.69) is 121 Å². The molecule has 0 heterocycles. The summed E-state index contributed by atoms with van der Waals surface area (Å²) >= 11 is 0. The Bertz CT molecular complexity index is 2350. The highest BCUT2D eigenvalue weighted by atomic mass is 14.2. The molecular formula is C44H26N2. The van der Waals surface area contributed by atoms with Gasteiger partial charge in [-0.3, -0.25) is 0 Å². The maximum absolute atomic E-state index is 9.25. The lowest BCUT2D eigenvalue weighted by molar-refractivity contribution is 1.48. The van der Waals surface area contributed by atoms with Gasteiger partial charge in [-0.1, -0.05) is 109 Å². The van der Waals surface area contributed by atoms with E-state index in [4.69, 9.17) is 0 Å². The second kappa shape index (κ2) is 11.2. The molecule has 8 aromatic rings. The first-order valence-corrected chi connectivity index (χ1v) is 15.3. The van der Waals surface area contributed by atoms with Gasteiger partial charge in [0.2, 0.25) is 0 Å². The molecule has 0 atom stereocenters. The van der Waals surface area contributed by atoms with Gasteiger partial charge in [0, 0.05) is 0 Å². The van der Waals surface area contributed by atoms with Crippen molar-refractivity contribution < 1.29 is 0 Å². The van der Waals surface area contributed by atoms with Crippen molar-refractivity contribution >= 4 is 32.3 Å². The number of nitriles is 2. The number of nitrogens with zero attached hydrogens (tertiary/aromatic N) is 2. The van der Waals surface area contributed by atoms with Crippen molar-refractivity contribution in [2.45, 2.75) is 0 Å². The lowest BCUT2D eigenvalue weighted by atomic mass is 9.87. The minimum atomic E-state index is 0.660. The third kappa shape index (κ3) is 4.67. The number of rotatable bonds is 4. The summed E-state index contributed by atoms with van der Waals surface area (Å²) in [6.45, 7) is 0. The minimum Gasteiger partial charge on any atom is -0.192 e. The van der Waals surface area contributed by atoms with Crippen molar-refractivity contribution in [3.63, 3.8) is 0 Å². The van der Waals surface area contributed by atoms with Crippen LogP contribution in [0.3, 0.4) is 0 Å². The average molecular weight is 583 g/mol. The molecule has 2 nitrogen and oxygen atoms in total. The van der Waals surface area contributed by atoms with Crippen molar-refractivity contribution in [2.24, 2.45) is 0 Å². The molecule has 212 valence electrons. The summed E-state index contributed by atoms with van der Waals surface area (Å²) in [7, 11) is 0. The van der Waals surface area contributed by atoms with E-state index in [1.54, 1.807) is 0 Å². The van der Waals surface area contributed by atoms with Gasteiger partial charge in [-0.25, -0.2) is 0 Å². The molecule has 0 aliphatic rings.